The molecule has 2 aromatic heterocycles. The third-order valence-electron chi connectivity index (χ3n) is 4.82. The lowest BCUT2D eigenvalue weighted by molar-refractivity contribution is 0.540. The number of tetrazole rings is 1. The molecule has 0 aliphatic heterocycles. The van der Waals surface area contributed by atoms with Gasteiger partial charge in [0.25, 0.3) is 5.56 Å². The topological polar surface area (TPSA) is 78.5 Å². The SMILES string of the molecule is CCCCn1nnnc1CSc1nc2cc(Cl)ccc2c(=O)n1-c1ccccc1C. The molecule has 154 valence electrons. The Morgan fingerprint density at radius 2 is 2.00 bits per heavy atom. The predicted octanol–water partition coefficient (Wildman–Crippen LogP) is 4.43. The highest BCUT2D eigenvalue weighted by molar-refractivity contribution is 7.98. The lowest BCUT2D eigenvalue weighted by atomic mass is 10.2. The summed E-state index contributed by atoms with van der Waals surface area (Å²) in [6.45, 7) is 4.88. The number of para-hydroxylation sites is 1. The highest BCUT2D eigenvalue weighted by Crippen LogP contribution is 2.26. The number of unbranched alkanes of at least 4 members (excludes halogenated alkanes) is 1. The number of rotatable bonds is 7. The van der Waals surface area contributed by atoms with Crippen molar-refractivity contribution >= 4 is 34.3 Å². The van der Waals surface area contributed by atoms with Gasteiger partial charge in [-0.25, -0.2) is 9.67 Å². The molecule has 0 fully saturated rings. The standard InChI is InChI=1S/C21H21ClN6OS/c1-3-4-11-27-19(24-25-26-27)13-30-21-23-17-12-15(22)9-10-16(17)20(29)28(21)18-8-6-5-7-14(18)2/h5-10,12H,3-4,11,13H2,1-2H3. The highest BCUT2D eigenvalue weighted by atomic mass is 35.5. The van der Waals surface area contributed by atoms with Crippen LogP contribution in [0, 0.1) is 6.92 Å². The van der Waals surface area contributed by atoms with Gasteiger partial charge in [-0.05, 0) is 53.6 Å². The normalized spacial score (nSPS) is 11.3. The number of fused-ring (bicyclic) bond motifs is 1. The summed E-state index contributed by atoms with van der Waals surface area (Å²) in [6.07, 6.45) is 2.07. The molecule has 0 aliphatic rings. The van der Waals surface area contributed by atoms with E-state index in [4.69, 9.17) is 16.6 Å². The zero-order valence-corrected chi connectivity index (χ0v) is 18.3. The third-order valence-corrected chi connectivity index (χ3v) is 5.99. The zero-order chi connectivity index (χ0) is 21.1. The van der Waals surface area contributed by atoms with Crippen LogP contribution in [-0.4, -0.2) is 29.8 Å². The predicted molar refractivity (Wildman–Crippen MR) is 119 cm³/mol. The fraction of sp³-hybridized carbons (Fsp3) is 0.286. The molecule has 0 aliphatic carbocycles. The van der Waals surface area contributed by atoms with E-state index in [0.717, 1.165) is 36.5 Å². The van der Waals surface area contributed by atoms with Crippen LogP contribution in [0.1, 0.15) is 31.2 Å². The minimum Gasteiger partial charge on any atom is -0.268 e. The van der Waals surface area contributed by atoms with Crippen molar-refractivity contribution in [2.75, 3.05) is 0 Å². The summed E-state index contributed by atoms with van der Waals surface area (Å²) in [4.78, 5) is 18.2. The number of aryl methyl sites for hydroxylation is 2. The van der Waals surface area contributed by atoms with Crippen molar-refractivity contribution in [2.24, 2.45) is 0 Å². The summed E-state index contributed by atoms with van der Waals surface area (Å²) < 4.78 is 3.47. The van der Waals surface area contributed by atoms with E-state index >= 15 is 0 Å². The molecular formula is C21H21ClN6OS. The lowest BCUT2D eigenvalue weighted by Gasteiger charge is -2.15. The second kappa shape index (κ2) is 8.97. The molecule has 30 heavy (non-hydrogen) atoms. The molecule has 0 spiro atoms. The molecule has 7 nitrogen and oxygen atoms in total. The Labute approximate surface area is 183 Å². The van der Waals surface area contributed by atoms with E-state index in [1.807, 2.05) is 35.9 Å². The second-order valence-electron chi connectivity index (χ2n) is 6.94. The van der Waals surface area contributed by atoms with Crippen molar-refractivity contribution in [3.05, 3.63) is 69.2 Å². The summed E-state index contributed by atoms with van der Waals surface area (Å²) in [5.74, 6) is 1.26. The van der Waals surface area contributed by atoms with E-state index in [2.05, 4.69) is 22.4 Å². The smallest absolute Gasteiger partial charge is 0.266 e. The number of aromatic nitrogens is 6. The average Bonchev–Trinajstić information content (AvgIpc) is 3.18. The number of hydrogen-bond acceptors (Lipinski definition) is 6. The maximum absolute atomic E-state index is 13.4. The fourth-order valence-electron chi connectivity index (χ4n) is 3.20. The Balaban J connectivity index is 1.80. The van der Waals surface area contributed by atoms with E-state index in [1.165, 1.54) is 11.8 Å². The van der Waals surface area contributed by atoms with Gasteiger partial charge in [0.05, 0.1) is 22.3 Å². The molecular weight excluding hydrogens is 420 g/mol. The number of nitrogens with zero attached hydrogens (tertiary/aromatic N) is 6. The third kappa shape index (κ3) is 4.11. The van der Waals surface area contributed by atoms with Gasteiger partial charge in [-0.1, -0.05) is 54.9 Å². The maximum atomic E-state index is 13.4. The van der Waals surface area contributed by atoms with Gasteiger partial charge in [0, 0.05) is 11.6 Å². The van der Waals surface area contributed by atoms with Gasteiger partial charge in [-0.3, -0.25) is 9.36 Å². The summed E-state index contributed by atoms with van der Waals surface area (Å²) in [6, 6.07) is 12.9. The number of thioether (sulfide) groups is 1. The van der Waals surface area contributed by atoms with Crippen molar-refractivity contribution < 1.29 is 0 Å². The first kappa shape index (κ1) is 20.6. The average molecular weight is 441 g/mol. The van der Waals surface area contributed by atoms with Crippen LogP contribution in [0.25, 0.3) is 16.6 Å². The van der Waals surface area contributed by atoms with Gasteiger partial charge in [-0.2, -0.15) is 0 Å². The van der Waals surface area contributed by atoms with Crippen LogP contribution >= 0.6 is 23.4 Å². The van der Waals surface area contributed by atoms with Gasteiger partial charge in [-0.15, -0.1) is 5.10 Å². The molecule has 4 rings (SSSR count). The molecule has 0 N–H and O–H groups in total. The molecule has 0 atom stereocenters. The van der Waals surface area contributed by atoms with Crippen LogP contribution < -0.4 is 5.56 Å². The van der Waals surface area contributed by atoms with E-state index in [0.29, 0.717) is 26.8 Å². The Morgan fingerprint density at radius 1 is 1.17 bits per heavy atom. The van der Waals surface area contributed by atoms with Crippen molar-refractivity contribution in [3.63, 3.8) is 0 Å². The first-order valence-electron chi connectivity index (χ1n) is 9.74. The van der Waals surface area contributed by atoms with Crippen LogP contribution in [0.2, 0.25) is 5.02 Å². The zero-order valence-electron chi connectivity index (χ0n) is 16.7. The van der Waals surface area contributed by atoms with Crippen LogP contribution in [0.3, 0.4) is 0 Å². The monoisotopic (exact) mass is 440 g/mol. The summed E-state index contributed by atoms with van der Waals surface area (Å²) in [5.41, 5.74) is 2.24. The minimum absolute atomic E-state index is 0.126. The van der Waals surface area contributed by atoms with Crippen LogP contribution in [0.5, 0.6) is 0 Å². The van der Waals surface area contributed by atoms with Crippen molar-refractivity contribution in [3.8, 4) is 5.69 Å². The lowest BCUT2D eigenvalue weighted by Crippen LogP contribution is -2.22. The second-order valence-corrected chi connectivity index (χ2v) is 8.32. The largest absolute Gasteiger partial charge is 0.268 e. The van der Waals surface area contributed by atoms with Crippen molar-refractivity contribution in [2.45, 2.75) is 44.1 Å². The van der Waals surface area contributed by atoms with Crippen molar-refractivity contribution in [1.82, 2.24) is 29.8 Å². The number of halogens is 1. The minimum atomic E-state index is -0.126. The van der Waals surface area contributed by atoms with Gasteiger partial charge in [0.2, 0.25) is 0 Å². The Morgan fingerprint density at radius 3 is 2.80 bits per heavy atom. The molecule has 0 saturated heterocycles. The number of hydrogen-bond donors (Lipinski definition) is 0. The molecule has 2 heterocycles. The summed E-state index contributed by atoms with van der Waals surface area (Å²) >= 11 is 7.58. The van der Waals surface area contributed by atoms with Crippen LogP contribution in [0.15, 0.2) is 52.4 Å². The summed E-state index contributed by atoms with van der Waals surface area (Å²) in [7, 11) is 0. The molecule has 0 saturated carbocycles. The Bertz CT molecular complexity index is 1250. The first-order chi connectivity index (χ1) is 14.6. The Kier molecular flexibility index (Phi) is 6.15. The van der Waals surface area contributed by atoms with E-state index < -0.39 is 0 Å². The maximum Gasteiger partial charge on any atom is 0.266 e. The molecule has 0 radical (unpaired) electrons. The number of benzene rings is 2. The van der Waals surface area contributed by atoms with Gasteiger partial charge < -0.3 is 0 Å². The van der Waals surface area contributed by atoms with Crippen molar-refractivity contribution in [1.29, 1.82) is 0 Å². The molecule has 0 unspecified atom stereocenters. The van der Waals surface area contributed by atoms with E-state index in [9.17, 15) is 4.79 Å². The van der Waals surface area contributed by atoms with Gasteiger partial charge in [0.1, 0.15) is 0 Å². The first-order valence-corrected chi connectivity index (χ1v) is 11.1. The molecule has 2 aromatic carbocycles. The van der Waals surface area contributed by atoms with Gasteiger partial charge >= 0.3 is 0 Å². The molecule has 0 amide bonds. The quantitative estimate of drug-likeness (QED) is 0.312. The van der Waals surface area contributed by atoms with Crippen LogP contribution in [0.4, 0.5) is 0 Å². The fourth-order valence-corrected chi connectivity index (χ4v) is 4.30. The molecule has 4 aromatic rings. The van der Waals surface area contributed by atoms with Gasteiger partial charge in [0.15, 0.2) is 11.0 Å². The Hall–Kier alpha value is -2.71. The summed E-state index contributed by atoms with van der Waals surface area (Å²) in [5, 5.41) is 13.7. The highest BCUT2D eigenvalue weighted by Gasteiger charge is 2.16. The van der Waals surface area contributed by atoms with Crippen LogP contribution in [-0.2, 0) is 12.3 Å². The van der Waals surface area contributed by atoms with E-state index in [-0.39, 0.29) is 5.56 Å². The molecule has 0 bridgehead atoms. The molecule has 9 heteroatoms. The van der Waals surface area contributed by atoms with E-state index in [1.54, 1.807) is 22.8 Å².